The summed E-state index contributed by atoms with van der Waals surface area (Å²) in [5, 5.41) is 9.72. The average molecular weight is 468 g/mol. The number of anilines is 1. The van der Waals surface area contributed by atoms with Crippen molar-refractivity contribution in [3.8, 4) is 22.6 Å². The molecule has 0 aliphatic carbocycles. The third kappa shape index (κ3) is 5.00. The van der Waals surface area contributed by atoms with Crippen LogP contribution in [0.3, 0.4) is 0 Å². The second kappa shape index (κ2) is 9.10. The van der Waals surface area contributed by atoms with Crippen LogP contribution in [0.15, 0.2) is 18.2 Å². The Morgan fingerprint density at radius 2 is 2.13 bits per heavy atom. The molecule has 1 amide bonds. The van der Waals surface area contributed by atoms with Crippen LogP contribution in [0.4, 0.5) is 10.6 Å². The Morgan fingerprint density at radius 1 is 1.42 bits per heavy atom. The van der Waals surface area contributed by atoms with Gasteiger partial charge in [0.25, 0.3) is 0 Å². The molecular weight excluding hydrogens is 441 g/mol. The molecule has 0 saturated heterocycles. The third-order valence-corrected chi connectivity index (χ3v) is 5.61. The van der Waals surface area contributed by atoms with Crippen molar-refractivity contribution in [2.45, 2.75) is 46.3 Å². The summed E-state index contributed by atoms with van der Waals surface area (Å²) in [4.78, 5) is 16.8. The van der Waals surface area contributed by atoms with Crippen LogP contribution in [0.1, 0.15) is 39.7 Å². The van der Waals surface area contributed by atoms with Crippen molar-refractivity contribution in [1.29, 1.82) is 0 Å². The van der Waals surface area contributed by atoms with Gasteiger partial charge in [0, 0.05) is 23.2 Å². The maximum Gasteiger partial charge on any atom is 0.413 e. The van der Waals surface area contributed by atoms with Crippen LogP contribution in [0, 0.1) is 5.92 Å². The smallest absolute Gasteiger partial charge is 0.413 e. The van der Waals surface area contributed by atoms with E-state index in [0.717, 1.165) is 22.4 Å². The van der Waals surface area contributed by atoms with Gasteiger partial charge in [0.15, 0.2) is 16.7 Å². The number of rotatable bonds is 7. The Morgan fingerprint density at radius 3 is 2.74 bits per heavy atom. The summed E-state index contributed by atoms with van der Waals surface area (Å²) >= 11 is 12.9. The second-order valence-electron chi connectivity index (χ2n) is 8.42. The lowest BCUT2D eigenvalue weighted by Gasteiger charge is -2.28. The Hall–Kier alpha value is -2.22. The molecule has 1 aromatic heterocycles. The predicted octanol–water partition coefficient (Wildman–Crippen LogP) is 5.59. The van der Waals surface area contributed by atoms with E-state index in [4.69, 9.17) is 38.4 Å². The number of halogens is 2. The number of benzene rings is 1. The normalized spacial score (nSPS) is 14.3. The van der Waals surface area contributed by atoms with Gasteiger partial charge in [0.1, 0.15) is 19.0 Å². The zero-order chi connectivity index (χ0) is 22.9. The van der Waals surface area contributed by atoms with Gasteiger partial charge in [-0.3, -0.25) is 4.90 Å². The first-order valence-corrected chi connectivity index (χ1v) is 10.9. The Bertz CT molecular complexity index is 995. The van der Waals surface area contributed by atoms with Crippen LogP contribution in [0.25, 0.3) is 11.1 Å². The summed E-state index contributed by atoms with van der Waals surface area (Å²) in [6.07, 6.45) is -0.324. The molecule has 31 heavy (non-hydrogen) atoms. The van der Waals surface area contributed by atoms with E-state index in [-0.39, 0.29) is 29.1 Å². The largest absolute Gasteiger partial charge is 0.492 e. The maximum atomic E-state index is 11.6. The molecule has 0 bridgehead atoms. The van der Waals surface area contributed by atoms with Gasteiger partial charge in [-0.25, -0.2) is 9.78 Å². The van der Waals surface area contributed by atoms with Crippen molar-refractivity contribution in [3.05, 3.63) is 33.9 Å². The van der Waals surface area contributed by atoms with Crippen LogP contribution < -0.4 is 20.1 Å². The SMILES string of the molecule is CCN(C(=O)O)c1nc(Cl)c2c(c1Cl)-c1ccc(OC[C@@](C)(N)CC(C)C)cc1CO2. The van der Waals surface area contributed by atoms with Gasteiger partial charge in [0.2, 0.25) is 0 Å². The van der Waals surface area contributed by atoms with Gasteiger partial charge < -0.3 is 20.3 Å². The molecular formula is C22H27Cl2N3O4. The number of nitrogens with two attached hydrogens (primary N) is 1. The molecule has 3 N–H and O–H groups in total. The zero-order valence-electron chi connectivity index (χ0n) is 18.0. The van der Waals surface area contributed by atoms with Gasteiger partial charge in [0.05, 0.1) is 5.02 Å². The molecule has 1 atom stereocenters. The molecule has 2 heterocycles. The topological polar surface area (TPSA) is 97.9 Å². The van der Waals surface area contributed by atoms with E-state index in [1.807, 2.05) is 25.1 Å². The third-order valence-electron chi connectivity index (χ3n) is 5.00. The molecule has 0 fully saturated rings. The van der Waals surface area contributed by atoms with Crippen LogP contribution in [-0.4, -0.2) is 34.9 Å². The summed E-state index contributed by atoms with van der Waals surface area (Å²) in [5.74, 6) is 1.55. The minimum Gasteiger partial charge on any atom is -0.492 e. The molecule has 1 aromatic carbocycles. The standard InChI is InChI=1S/C22H27Cl2N3O4/c1-5-27(21(28)29)20-17(23)16-15-7-6-14(31-11-22(4,25)9-12(2)3)8-13(15)10-30-18(16)19(24)26-20/h6-8,12H,5,9-11,25H2,1-4H3,(H,28,29)/t22-/m0/s1. The molecule has 7 nitrogen and oxygen atoms in total. The van der Waals surface area contributed by atoms with Crippen LogP contribution >= 0.6 is 23.2 Å². The zero-order valence-corrected chi connectivity index (χ0v) is 19.5. The van der Waals surface area contributed by atoms with E-state index in [9.17, 15) is 9.90 Å². The van der Waals surface area contributed by atoms with Crippen LogP contribution in [-0.2, 0) is 6.61 Å². The number of ether oxygens (including phenoxy) is 2. The predicted molar refractivity (Wildman–Crippen MR) is 123 cm³/mol. The Balaban J connectivity index is 1.96. The lowest BCUT2D eigenvalue weighted by atomic mass is 9.93. The van der Waals surface area contributed by atoms with E-state index in [0.29, 0.717) is 29.6 Å². The molecule has 0 radical (unpaired) electrons. The number of hydrogen-bond donors (Lipinski definition) is 2. The highest BCUT2D eigenvalue weighted by Crippen LogP contribution is 2.49. The number of hydrogen-bond acceptors (Lipinski definition) is 5. The lowest BCUT2D eigenvalue weighted by Crippen LogP contribution is -2.43. The number of aromatic nitrogens is 1. The molecule has 1 aliphatic rings. The molecule has 0 saturated carbocycles. The maximum absolute atomic E-state index is 11.6. The molecule has 1 aliphatic heterocycles. The summed E-state index contributed by atoms with van der Waals surface area (Å²) in [6, 6.07) is 5.58. The molecule has 0 spiro atoms. The van der Waals surface area contributed by atoms with E-state index >= 15 is 0 Å². The van der Waals surface area contributed by atoms with Gasteiger partial charge in [-0.1, -0.05) is 43.1 Å². The van der Waals surface area contributed by atoms with Crippen molar-refractivity contribution in [3.63, 3.8) is 0 Å². The number of fused-ring (bicyclic) bond motifs is 3. The fraction of sp³-hybridized carbons (Fsp3) is 0.455. The first-order valence-electron chi connectivity index (χ1n) is 10.1. The Kier molecular flexibility index (Phi) is 6.88. The van der Waals surface area contributed by atoms with E-state index in [1.54, 1.807) is 6.92 Å². The highest BCUT2D eigenvalue weighted by molar-refractivity contribution is 6.38. The number of pyridine rings is 1. The van der Waals surface area contributed by atoms with Gasteiger partial charge >= 0.3 is 6.09 Å². The first kappa shape index (κ1) is 23.4. The fourth-order valence-electron chi connectivity index (χ4n) is 3.85. The van der Waals surface area contributed by atoms with E-state index < -0.39 is 11.6 Å². The van der Waals surface area contributed by atoms with Gasteiger partial charge in [-0.15, -0.1) is 0 Å². The number of amides is 1. The second-order valence-corrected chi connectivity index (χ2v) is 9.16. The van der Waals surface area contributed by atoms with Crippen molar-refractivity contribution in [2.75, 3.05) is 18.1 Å². The van der Waals surface area contributed by atoms with Crippen LogP contribution in [0.2, 0.25) is 10.2 Å². The fourth-order valence-corrected chi connectivity index (χ4v) is 4.41. The van der Waals surface area contributed by atoms with Crippen molar-refractivity contribution in [1.82, 2.24) is 4.98 Å². The molecule has 3 rings (SSSR count). The highest BCUT2D eigenvalue weighted by Gasteiger charge is 2.30. The quantitative estimate of drug-likeness (QED) is 0.514. The summed E-state index contributed by atoms with van der Waals surface area (Å²) < 4.78 is 11.8. The van der Waals surface area contributed by atoms with Crippen LogP contribution in [0.5, 0.6) is 11.5 Å². The summed E-state index contributed by atoms with van der Waals surface area (Å²) in [7, 11) is 0. The van der Waals surface area contributed by atoms with Crippen molar-refractivity contribution < 1.29 is 19.4 Å². The minimum absolute atomic E-state index is 0.0626. The van der Waals surface area contributed by atoms with Crippen molar-refractivity contribution in [2.24, 2.45) is 11.7 Å². The Labute approximate surface area is 192 Å². The number of nitrogens with zero attached hydrogens (tertiary/aromatic N) is 2. The summed E-state index contributed by atoms with van der Waals surface area (Å²) in [5.41, 5.74) is 8.07. The molecule has 168 valence electrons. The highest BCUT2D eigenvalue weighted by atomic mass is 35.5. The first-order chi connectivity index (χ1) is 14.5. The monoisotopic (exact) mass is 467 g/mol. The molecule has 2 aromatic rings. The summed E-state index contributed by atoms with van der Waals surface area (Å²) in [6.45, 7) is 8.74. The molecule has 9 heteroatoms. The van der Waals surface area contributed by atoms with E-state index in [1.165, 1.54) is 0 Å². The molecule has 0 unspecified atom stereocenters. The minimum atomic E-state index is -1.17. The average Bonchev–Trinajstić information content (AvgIpc) is 2.68. The van der Waals surface area contributed by atoms with Crippen molar-refractivity contribution >= 4 is 35.1 Å². The number of carbonyl (C=O) groups is 1. The number of carboxylic acid groups (broad SMARTS) is 1. The van der Waals surface area contributed by atoms with Gasteiger partial charge in [-0.2, -0.15) is 0 Å². The van der Waals surface area contributed by atoms with Gasteiger partial charge in [-0.05, 0) is 43.9 Å². The lowest BCUT2D eigenvalue weighted by molar-refractivity contribution is 0.202. The van der Waals surface area contributed by atoms with E-state index in [2.05, 4.69) is 18.8 Å².